The van der Waals surface area contributed by atoms with Crippen molar-refractivity contribution >= 4 is 15.9 Å². The molecule has 1 aliphatic heterocycles. The van der Waals surface area contributed by atoms with Crippen LogP contribution in [0.2, 0.25) is 0 Å². The highest BCUT2D eigenvalue weighted by Gasteiger charge is 2.32. The van der Waals surface area contributed by atoms with E-state index in [1.165, 1.54) is 34.9 Å². The minimum absolute atomic E-state index is 0.512. The van der Waals surface area contributed by atoms with Gasteiger partial charge in [0.2, 0.25) is 0 Å². The quantitative estimate of drug-likeness (QED) is 0.852. The summed E-state index contributed by atoms with van der Waals surface area (Å²) >= 11 is 3.63. The lowest BCUT2D eigenvalue weighted by Crippen LogP contribution is -2.41. The topological polar surface area (TPSA) is 21.3 Å². The highest BCUT2D eigenvalue weighted by atomic mass is 79.9. The zero-order chi connectivity index (χ0) is 15.0. The molecule has 1 fully saturated rings. The van der Waals surface area contributed by atoms with Crippen molar-refractivity contribution in [1.29, 1.82) is 0 Å². The van der Waals surface area contributed by atoms with Gasteiger partial charge in [-0.25, -0.2) is 0 Å². The fraction of sp³-hybridized carbons (Fsp3) is 0.667. The van der Waals surface area contributed by atoms with Crippen molar-refractivity contribution < 1.29 is 4.74 Å². The van der Waals surface area contributed by atoms with Crippen molar-refractivity contribution in [2.24, 2.45) is 11.3 Å². The summed E-state index contributed by atoms with van der Waals surface area (Å²) in [6.07, 6.45) is 4.96. The van der Waals surface area contributed by atoms with Gasteiger partial charge in [-0.3, -0.25) is 0 Å². The van der Waals surface area contributed by atoms with Gasteiger partial charge in [0.25, 0.3) is 0 Å². The van der Waals surface area contributed by atoms with E-state index in [2.05, 4.69) is 54.2 Å². The van der Waals surface area contributed by atoms with Crippen LogP contribution in [-0.4, -0.2) is 12.6 Å². The summed E-state index contributed by atoms with van der Waals surface area (Å²) in [4.78, 5) is 0. The van der Waals surface area contributed by atoms with Crippen LogP contribution in [0.1, 0.15) is 51.2 Å². The fourth-order valence-electron chi connectivity index (χ4n) is 3.97. The molecule has 3 heteroatoms. The van der Waals surface area contributed by atoms with Gasteiger partial charge in [0.05, 0.1) is 6.61 Å². The van der Waals surface area contributed by atoms with Crippen LogP contribution in [0.15, 0.2) is 16.6 Å². The molecule has 3 rings (SSSR count). The van der Waals surface area contributed by atoms with E-state index in [1.54, 1.807) is 0 Å². The number of hydrogen-bond acceptors (Lipinski definition) is 2. The van der Waals surface area contributed by atoms with Gasteiger partial charge in [-0.05, 0) is 48.3 Å². The Morgan fingerprint density at radius 1 is 1.38 bits per heavy atom. The first kappa shape index (κ1) is 15.4. The first-order chi connectivity index (χ1) is 9.94. The van der Waals surface area contributed by atoms with E-state index >= 15 is 0 Å². The van der Waals surface area contributed by atoms with Crippen molar-refractivity contribution in [3.8, 4) is 5.75 Å². The molecule has 1 aromatic rings. The molecule has 1 aromatic carbocycles. The lowest BCUT2D eigenvalue weighted by Gasteiger charge is -2.39. The van der Waals surface area contributed by atoms with Crippen LogP contribution in [0.5, 0.6) is 5.75 Å². The third kappa shape index (κ3) is 3.45. The minimum Gasteiger partial charge on any atom is -0.493 e. The van der Waals surface area contributed by atoms with E-state index in [-0.39, 0.29) is 0 Å². The fourth-order valence-corrected chi connectivity index (χ4v) is 4.52. The van der Waals surface area contributed by atoms with E-state index in [9.17, 15) is 0 Å². The second-order valence-corrected chi connectivity index (χ2v) is 8.44. The molecule has 1 aliphatic carbocycles. The summed E-state index contributed by atoms with van der Waals surface area (Å²) in [7, 11) is 0. The lowest BCUT2D eigenvalue weighted by molar-refractivity contribution is 0.148. The molecule has 0 saturated heterocycles. The molecule has 1 N–H and O–H groups in total. The number of ether oxygens (including phenoxy) is 1. The molecule has 116 valence electrons. The number of halogens is 1. The maximum atomic E-state index is 5.82. The summed E-state index contributed by atoms with van der Waals surface area (Å²) in [5.41, 5.74) is 3.16. The SMILES string of the molecule is CC1CC(C)(C)CCC1NCc1cc(Br)cc2c1OCC2. The van der Waals surface area contributed by atoms with Crippen LogP contribution in [-0.2, 0) is 13.0 Å². The monoisotopic (exact) mass is 351 g/mol. The number of rotatable bonds is 3. The maximum Gasteiger partial charge on any atom is 0.127 e. The van der Waals surface area contributed by atoms with Gasteiger partial charge in [-0.15, -0.1) is 0 Å². The Balaban J connectivity index is 1.66. The Labute approximate surface area is 136 Å². The standard InChI is InChI=1S/C18H26BrNO/c1-12-10-18(2,3)6-4-16(12)20-11-14-9-15(19)8-13-5-7-21-17(13)14/h8-9,12,16,20H,4-7,10-11H2,1-3H3. The zero-order valence-corrected chi connectivity index (χ0v) is 14.9. The molecule has 2 unspecified atom stereocenters. The summed E-state index contributed by atoms with van der Waals surface area (Å²) in [6.45, 7) is 8.92. The molecule has 1 heterocycles. The predicted molar refractivity (Wildman–Crippen MR) is 90.8 cm³/mol. The first-order valence-corrected chi connectivity index (χ1v) is 8.91. The van der Waals surface area contributed by atoms with Gasteiger partial charge in [0.1, 0.15) is 5.75 Å². The van der Waals surface area contributed by atoms with Crippen LogP contribution in [0.4, 0.5) is 0 Å². The Kier molecular flexibility index (Phi) is 4.33. The summed E-state index contributed by atoms with van der Waals surface area (Å²) in [5.74, 6) is 1.87. The molecule has 0 radical (unpaired) electrons. The predicted octanol–water partition coefficient (Wildman–Crippen LogP) is 4.69. The summed E-state index contributed by atoms with van der Waals surface area (Å²) < 4.78 is 6.99. The third-order valence-corrected chi connectivity index (χ3v) is 5.53. The molecule has 0 bridgehead atoms. The molecule has 21 heavy (non-hydrogen) atoms. The van der Waals surface area contributed by atoms with Gasteiger partial charge >= 0.3 is 0 Å². The number of nitrogens with one attached hydrogen (secondary N) is 1. The van der Waals surface area contributed by atoms with Crippen LogP contribution in [0.25, 0.3) is 0 Å². The molecule has 0 spiro atoms. The average Bonchev–Trinajstić information content (AvgIpc) is 2.84. The van der Waals surface area contributed by atoms with Crippen LogP contribution in [0, 0.1) is 11.3 Å². The van der Waals surface area contributed by atoms with E-state index in [4.69, 9.17) is 4.74 Å². The van der Waals surface area contributed by atoms with Crippen LogP contribution in [0.3, 0.4) is 0 Å². The highest BCUT2D eigenvalue weighted by Crippen LogP contribution is 2.39. The number of fused-ring (bicyclic) bond motifs is 1. The Bertz CT molecular complexity index is 526. The van der Waals surface area contributed by atoms with Gasteiger partial charge < -0.3 is 10.1 Å². The maximum absolute atomic E-state index is 5.82. The zero-order valence-electron chi connectivity index (χ0n) is 13.3. The second kappa shape index (κ2) is 5.92. The molecule has 1 saturated carbocycles. The van der Waals surface area contributed by atoms with E-state index in [1.807, 2.05) is 0 Å². The van der Waals surface area contributed by atoms with Crippen molar-refractivity contribution in [2.75, 3.05) is 6.61 Å². The second-order valence-electron chi connectivity index (χ2n) is 7.52. The van der Waals surface area contributed by atoms with E-state index in [0.29, 0.717) is 11.5 Å². The van der Waals surface area contributed by atoms with Gasteiger partial charge in [-0.1, -0.05) is 36.7 Å². The number of hydrogen-bond donors (Lipinski definition) is 1. The Morgan fingerprint density at radius 2 is 2.19 bits per heavy atom. The summed E-state index contributed by atoms with van der Waals surface area (Å²) in [6, 6.07) is 5.03. The average molecular weight is 352 g/mol. The highest BCUT2D eigenvalue weighted by molar-refractivity contribution is 9.10. The third-order valence-electron chi connectivity index (χ3n) is 5.07. The molecular formula is C18H26BrNO. The first-order valence-electron chi connectivity index (χ1n) is 8.12. The molecular weight excluding hydrogens is 326 g/mol. The van der Waals surface area contributed by atoms with Crippen molar-refractivity contribution in [1.82, 2.24) is 5.32 Å². The molecule has 2 nitrogen and oxygen atoms in total. The molecule has 0 amide bonds. The normalized spacial score (nSPS) is 27.2. The molecule has 2 aliphatic rings. The van der Waals surface area contributed by atoms with E-state index < -0.39 is 0 Å². The van der Waals surface area contributed by atoms with Crippen LogP contribution >= 0.6 is 15.9 Å². The van der Waals surface area contributed by atoms with Crippen molar-refractivity contribution in [2.45, 2.75) is 59.0 Å². The van der Waals surface area contributed by atoms with Crippen LogP contribution < -0.4 is 10.1 Å². The van der Waals surface area contributed by atoms with Gasteiger partial charge in [0.15, 0.2) is 0 Å². The van der Waals surface area contributed by atoms with Gasteiger partial charge in [-0.2, -0.15) is 0 Å². The summed E-state index contributed by atoms with van der Waals surface area (Å²) in [5, 5.41) is 3.78. The minimum atomic E-state index is 0.512. The molecule has 2 atom stereocenters. The van der Waals surface area contributed by atoms with Crippen molar-refractivity contribution in [3.63, 3.8) is 0 Å². The van der Waals surface area contributed by atoms with Gasteiger partial charge in [0, 0.05) is 29.0 Å². The lowest BCUT2D eigenvalue weighted by atomic mass is 9.70. The Hall–Kier alpha value is -0.540. The smallest absolute Gasteiger partial charge is 0.127 e. The largest absolute Gasteiger partial charge is 0.493 e. The molecule has 0 aromatic heterocycles. The van der Waals surface area contributed by atoms with Crippen molar-refractivity contribution in [3.05, 3.63) is 27.7 Å². The number of benzene rings is 1. The Morgan fingerprint density at radius 3 is 2.95 bits per heavy atom. The van der Waals surface area contributed by atoms with E-state index in [0.717, 1.165) is 31.2 Å².